The molecule has 0 aromatic carbocycles. The summed E-state index contributed by atoms with van der Waals surface area (Å²) in [4.78, 5) is 14.9. The molecule has 112 valence electrons. The predicted molar refractivity (Wildman–Crippen MR) is 73.3 cm³/mol. The molecule has 0 radical (unpaired) electrons. The first-order valence-electron chi connectivity index (χ1n) is 6.05. The zero-order chi connectivity index (χ0) is 15.5. The summed E-state index contributed by atoms with van der Waals surface area (Å²) in [5.74, 6) is -1.34. The molecule has 2 aromatic rings. The van der Waals surface area contributed by atoms with Crippen LogP contribution in [0.1, 0.15) is 15.9 Å². The molecule has 9 heteroatoms. The maximum absolute atomic E-state index is 12.3. The van der Waals surface area contributed by atoms with Crippen LogP contribution in [-0.2, 0) is 16.4 Å². The van der Waals surface area contributed by atoms with Crippen molar-refractivity contribution in [1.29, 1.82) is 0 Å². The second kappa shape index (κ2) is 6.02. The Morgan fingerprint density at radius 2 is 2.05 bits per heavy atom. The Morgan fingerprint density at radius 1 is 1.38 bits per heavy atom. The van der Waals surface area contributed by atoms with Crippen molar-refractivity contribution in [2.75, 3.05) is 13.6 Å². The van der Waals surface area contributed by atoms with Gasteiger partial charge in [0, 0.05) is 26.0 Å². The van der Waals surface area contributed by atoms with Gasteiger partial charge in [-0.25, -0.2) is 13.2 Å². The minimum absolute atomic E-state index is 0.213. The number of carboxylic acids is 1. The standard InChI is InChI=1S/C12H14N4O4S/c1-16(7-4-9-2-5-13-6-3-9)21(19,20)11-10(12(17)18)8-14-15-11/h2-3,5-6,8H,4,7H2,1H3,(H,14,15)(H,17,18). The number of pyridine rings is 1. The first kappa shape index (κ1) is 15.1. The second-order valence-corrected chi connectivity index (χ2v) is 6.33. The summed E-state index contributed by atoms with van der Waals surface area (Å²) in [6.07, 6.45) is 4.73. The zero-order valence-electron chi connectivity index (χ0n) is 11.2. The number of carboxylic acid groups (broad SMARTS) is 1. The highest BCUT2D eigenvalue weighted by molar-refractivity contribution is 7.89. The van der Waals surface area contributed by atoms with Crippen molar-refractivity contribution >= 4 is 16.0 Å². The molecular formula is C12H14N4O4S. The molecule has 21 heavy (non-hydrogen) atoms. The Balaban J connectivity index is 2.15. The van der Waals surface area contributed by atoms with E-state index in [1.54, 1.807) is 24.5 Å². The Kier molecular flexibility index (Phi) is 4.34. The molecule has 2 aromatic heterocycles. The van der Waals surface area contributed by atoms with Crippen LogP contribution in [0, 0.1) is 0 Å². The maximum Gasteiger partial charge on any atom is 0.340 e. The van der Waals surface area contributed by atoms with Gasteiger partial charge in [0.2, 0.25) is 0 Å². The molecule has 2 rings (SSSR count). The van der Waals surface area contributed by atoms with E-state index in [2.05, 4.69) is 15.2 Å². The molecule has 0 aliphatic carbocycles. The van der Waals surface area contributed by atoms with Crippen molar-refractivity contribution in [1.82, 2.24) is 19.5 Å². The molecule has 0 bridgehead atoms. The summed E-state index contributed by atoms with van der Waals surface area (Å²) >= 11 is 0. The second-order valence-electron chi connectivity index (χ2n) is 4.35. The molecule has 2 heterocycles. The number of aromatic nitrogens is 3. The number of H-pyrrole nitrogens is 1. The number of aromatic amines is 1. The minimum Gasteiger partial charge on any atom is -0.478 e. The summed E-state index contributed by atoms with van der Waals surface area (Å²) in [6, 6.07) is 3.58. The average molecular weight is 310 g/mol. The van der Waals surface area contributed by atoms with Gasteiger partial charge >= 0.3 is 5.97 Å². The fourth-order valence-corrected chi connectivity index (χ4v) is 2.96. The minimum atomic E-state index is -3.92. The smallest absolute Gasteiger partial charge is 0.340 e. The largest absolute Gasteiger partial charge is 0.478 e. The normalized spacial score (nSPS) is 11.7. The lowest BCUT2D eigenvalue weighted by atomic mass is 10.2. The van der Waals surface area contributed by atoms with Crippen molar-refractivity contribution in [3.8, 4) is 0 Å². The molecule has 0 aliphatic heterocycles. The Hall–Kier alpha value is -2.26. The van der Waals surface area contributed by atoms with Gasteiger partial charge in [0.15, 0.2) is 5.03 Å². The van der Waals surface area contributed by atoms with Gasteiger partial charge in [-0.1, -0.05) is 0 Å². The number of sulfonamides is 1. The first-order valence-corrected chi connectivity index (χ1v) is 7.49. The van der Waals surface area contributed by atoms with E-state index in [1.807, 2.05) is 0 Å². The summed E-state index contributed by atoms with van der Waals surface area (Å²) < 4.78 is 25.7. The van der Waals surface area contributed by atoms with Crippen molar-refractivity contribution in [2.24, 2.45) is 0 Å². The van der Waals surface area contributed by atoms with Crippen LogP contribution < -0.4 is 0 Å². The van der Waals surface area contributed by atoms with Crippen LogP contribution in [0.4, 0.5) is 0 Å². The van der Waals surface area contributed by atoms with Crippen LogP contribution in [-0.4, -0.2) is 52.6 Å². The van der Waals surface area contributed by atoms with Crippen molar-refractivity contribution in [3.63, 3.8) is 0 Å². The number of rotatable bonds is 6. The number of nitrogens with one attached hydrogen (secondary N) is 1. The Morgan fingerprint density at radius 3 is 2.67 bits per heavy atom. The number of aromatic carboxylic acids is 1. The van der Waals surface area contributed by atoms with Crippen LogP contribution in [0.25, 0.3) is 0 Å². The SMILES string of the molecule is CN(CCc1ccncc1)S(=O)(=O)c1[nH]ncc1C(=O)O. The predicted octanol–water partition coefficient (Wildman–Crippen LogP) is 0.366. The number of likely N-dealkylation sites (N-methyl/N-ethyl adjacent to an activating group) is 1. The summed E-state index contributed by atoms with van der Waals surface area (Å²) in [7, 11) is -2.53. The third-order valence-corrected chi connectivity index (χ3v) is 4.80. The molecule has 0 amide bonds. The van der Waals surface area contributed by atoms with Crippen LogP contribution in [0.5, 0.6) is 0 Å². The average Bonchev–Trinajstić information content (AvgIpc) is 2.96. The van der Waals surface area contributed by atoms with E-state index in [1.165, 1.54) is 7.05 Å². The van der Waals surface area contributed by atoms with E-state index < -0.39 is 21.0 Å². The van der Waals surface area contributed by atoms with Crippen molar-refractivity contribution in [3.05, 3.63) is 41.9 Å². The first-order chi connectivity index (χ1) is 9.93. The van der Waals surface area contributed by atoms with Crippen LogP contribution in [0.3, 0.4) is 0 Å². The van der Waals surface area contributed by atoms with E-state index >= 15 is 0 Å². The summed E-state index contributed by atoms with van der Waals surface area (Å²) in [6.45, 7) is 0.213. The van der Waals surface area contributed by atoms with Gasteiger partial charge in [-0.3, -0.25) is 10.1 Å². The third-order valence-electron chi connectivity index (χ3n) is 2.97. The van der Waals surface area contributed by atoms with E-state index in [0.717, 1.165) is 16.1 Å². The topological polar surface area (TPSA) is 116 Å². The highest BCUT2D eigenvalue weighted by atomic mass is 32.2. The van der Waals surface area contributed by atoms with Gasteiger partial charge in [0.1, 0.15) is 5.56 Å². The van der Waals surface area contributed by atoms with Gasteiger partial charge in [0.25, 0.3) is 10.0 Å². The molecule has 0 fully saturated rings. The van der Waals surface area contributed by atoms with Crippen molar-refractivity contribution in [2.45, 2.75) is 11.4 Å². The number of carbonyl (C=O) groups is 1. The summed E-state index contributed by atoms with van der Waals surface area (Å²) in [5, 5.41) is 14.3. The summed E-state index contributed by atoms with van der Waals surface area (Å²) in [5.41, 5.74) is 0.570. The van der Waals surface area contributed by atoms with Crippen molar-refractivity contribution < 1.29 is 18.3 Å². The van der Waals surface area contributed by atoms with E-state index in [4.69, 9.17) is 5.11 Å². The van der Waals surface area contributed by atoms with E-state index in [-0.39, 0.29) is 12.1 Å². The van der Waals surface area contributed by atoms with E-state index in [9.17, 15) is 13.2 Å². The van der Waals surface area contributed by atoms with Crippen LogP contribution in [0.2, 0.25) is 0 Å². The fourth-order valence-electron chi connectivity index (χ4n) is 1.74. The molecule has 0 saturated heterocycles. The van der Waals surface area contributed by atoms with Gasteiger partial charge in [0.05, 0.1) is 6.20 Å². The molecular weight excluding hydrogens is 296 g/mol. The highest BCUT2D eigenvalue weighted by Crippen LogP contribution is 2.16. The zero-order valence-corrected chi connectivity index (χ0v) is 12.0. The van der Waals surface area contributed by atoms with Crippen LogP contribution in [0.15, 0.2) is 35.7 Å². The Bertz CT molecular complexity index is 727. The monoisotopic (exact) mass is 310 g/mol. The van der Waals surface area contributed by atoms with Gasteiger partial charge in [-0.2, -0.15) is 9.40 Å². The van der Waals surface area contributed by atoms with Crippen LogP contribution >= 0.6 is 0 Å². The Labute approximate surface area is 121 Å². The number of hydrogen-bond donors (Lipinski definition) is 2. The lowest BCUT2D eigenvalue weighted by Gasteiger charge is -2.16. The molecule has 0 saturated carbocycles. The fraction of sp³-hybridized carbons (Fsp3) is 0.250. The highest BCUT2D eigenvalue weighted by Gasteiger charge is 2.28. The third kappa shape index (κ3) is 3.26. The lowest BCUT2D eigenvalue weighted by molar-refractivity contribution is 0.0692. The van der Waals surface area contributed by atoms with Gasteiger partial charge in [-0.05, 0) is 24.1 Å². The lowest BCUT2D eigenvalue weighted by Crippen LogP contribution is -2.30. The maximum atomic E-state index is 12.3. The molecule has 0 atom stereocenters. The van der Waals surface area contributed by atoms with Gasteiger partial charge in [-0.15, -0.1) is 0 Å². The molecule has 0 aliphatic rings. The number of hydrogen-bond acceptors (Lipinski definition) is 5. The quantitative estimate of drug-likeness (QED) is 0.796. The number of nitrogens with zero attached hydrogens (tertiary/aromatic N) is 3. The molecule has 2 N–H and O–H groups in total. The van der Waals surface area contributed by atoms with Gasteiger partial charge < -0.3 is 5.11 Å². The van der Waals surface area contributed by atoms with E-state index in [0.29, 0.717) is 6.42 Å². The molecule has 8 nitrogen and oxygen atoms in total. The molecule has 0 spiro atoms. The molecule has 0 unspecified atom stereocenters.